The maximum Gasteiger partial charge on any atom is 0.490 e. The van der Waals surface area contributed by atoms with E-state index in [0.717, 1.165) is 0 Å². The molecule has 1 saturated heterocycles. The molecule has 27 heteroatoms. The van der Waals surface area contributed by atoms with Crippen molar-refractivity contribution in [3.63, 3.8) is 0 Å². The number of alkyl halides is 12. The molecule has 338 valence electrons. The third-order valence-electron chi connectivity index (χ3n) is 7.23. The summed E-state index contributed by atoms with van der Waals surface area (Å²) in [5.41, 5.74) is 6.61. The molecule has 1 aliphatic heterocycles. The minimum Gasteiger partial charge on any atom is -0.475 e. The second-order valence-corrected chi connectivity index (χ2v) is 11.9. The Morgan fingerprint density at radius 1 is 0.746 bits per heavy atom. The molecule has 2 rings (SSSR count). The number of hydrogen-bond acceptors (Lipinski definition) is 9. The number of ether oxygens (including phenoxy) is 1. The highest BCUT2D eigenvalue weighted by molar-refractivity contribution is 5.93. The quantitative estimate of drug-likeness (QED) is 0.129. The van der Waals surface area contributed by atoms with Crippen molar-refractivity contribution in [2.24, 2.45) is 11.7 Å². The van der Waals surface area contributed by atoms with Crippen molar-refractivity contribution >= 4 is 41.6 Å². The first-order valence-electron chi connectivity index (χ1n) is 16.5. The van der Waals surface area contributed by atoms with E-state index in [-0.39, 0.29) is 37.8 Å². The molecule has 1 aliphatic rings. The molecule has 1 aromatic carbocycles. The summed E-state index contributed by atoms with van der Waals surface area (Å²) in [5, 5.41) is 25.9. The topological polar surface area (TPSA) is 243 Å². The summed E-state index contributed by atoms with van der Waals surface area (Å²) in [6, 6.07) is 4.52. The Morgan fingerprint density at radius 2 is 1.15 bits per heavy atom. The molecule has 1 heterocycles. The zero-order chi connectivity index (χ0) is 46.5. The molecule has 0 saturated carbocycles. The molecule has 1 aromatic rings. The first-order chi connectivity index (χ1) is 26.8. The van der Waals surface area contributed by atoms with Crippen molar-refractivity contribution < 1.29 is 106 Å². The predicted molar refractivity (Wildman–Crippen MR) is 175 cm³/mol. The van der Waals surface area contributed by atoms with Crippen molar-refractivity contribution in [2.75, 3.05) is 20.2 Å². The number of carbonyl (C=O) groups excluding carboxylic acids is 4. The van der Waals surface area contributed by atoms with Crippen LogP contribution >= 0.6 is 0 Å². The van der Waals surface area contributed by atoms with Crippen LogP contribution in [0.5, 0.6) is 0 Å². The number of carboxylic acids is 3. The van der Waals surface area contributed by atoms with Crippen molar-refractivity contribution in [3.8, 4) is 0 Å². The van der Waals surface area contributed by atoms with Crippen LogP contribution in [0.25, 0.3) is 0 Å². The number of benzene rings is 1. The number of methoxy groups -OCH3 is 1. The summed E-state index contributed by atoms with van der Waals surface area (Å²) in [6.07, 6.45) is -19.3. The third kappa shape index (κ3) is 24.9. The number of likely N-dealkylation sites (tertiary alicyclic amines) is 1. The molecule has 0 aliphatic carbocycles. The number of unbranched alkanes of at least 4 members (excludes halogenated alkanes) is 1. The normalized spacial score (nSPS) is 14.8. The number of piperidine rings is 1. The number of nitrogens with two attached hydrogens (primary N) is 1. The fourth-order valence-electron chi connectivity index (χ4n) is 4.34. The lowest BCUT2D eigenvalue weighted by Gasteiger charge is -2.34. The summed E-state index contributed by atoms with van der Waals surface area (Å²) in [4.78, 5) is 78.7. The highest BCUT2D eigenvalue weighted by Gasteiger charge is 2.41. The molecule has 59 heavy (non-hydrogen) atoms. The largest absolute Gasteiger partial charge is 0.490 e. The molecule has 0 bridgehead atoms. The number of hydrogen-bond donors (Lipinski definition) is 6. The van der Waals surface area contributed by atoms with Gasteiger partial charge in [-0.05, 0) is 31.2 Å². The van der Waals surface area contributed by atoms with Crippen LogP contribution in [0.2, 0.25) is 0 Å². The standard InChI is InChI=1S/C26H37F3N4O5.3C2HF3O2/c1-3-4-10-20(24(36)33-13-11-18(12-14-33)25(37)38-2)31-23(35)21(16-26(27,28)29)32-22(34)19(30)15-17-8-6-5-7-9-17;3*3-2(4,5)1(6)7/h5-9,18-21H,3-4,10-16,30H2,1-2H3,(H,31,35)(H,32,34);3*(H,6,7)/t19-,20?,21-;;;/m1.../s1. The van der Waals surface area contributed by atoms with E-state index in [9.17, 15) is 71.9 Å². The fourth-order valence-corrected chi connectivity index (χ4v) is 4.34. The Hall–Kier alpha value is -5.37. The van der Waals surface area contributed by atoms with E-state index in [1.165, 1.54) is 12.0 Å². The molecule has 1 unspecified atom stereocenters. The van der Waals surface area contributed by atoms with Crippen LogP contribution in [0.15, 0.2) is 30.3 Å². The highest BCUT2D eigenvalue weighted by Crippen LogP contribution is 2.23. The van der Waals surface area contributed by atoms with Gasteiger partial charge >= 0.3 is 48.6 Å². The molecule has 7 N–H and O–H groups in total. The molecular weight excluding hydrogens is 844 g/mol. The van der Waals surface area contributed by atoms with Gasteiger partial charge in [-0.1, -0.05) is 50.1 Å². The maximum absolute atomic E-state index is 13.3. The smallest absolute Gasteiger partial charge is 0.475 e. The SMILES string of the molecule is CCCCC(NC(=O)[C@@H](CC(F)(F)F)NC(=O)[C@H](N)Cc1ccccc1)C(=O)N1CCC(C(=O)OC)CC1.O=C(O)C(F)(F)F.O=C(O)C(F)(F)F.O=C(O)C(F)(F)F. The third-order valence-corrected chi connectivity index (χ3v) is 7.23. The van der Waals surface area contributed by atoms with Gasteiger partial charge in [-0.25, -0.2) is 14.4 Å². The fraction of sp³-hybridized carbons (Fsp3) is 0.594. The van der Waals surface area contributed by atoms with Gasteiger partial charge in [-0.3, -0.25) is 19.2 Å². The van der Waals surface area contributed by atoms with Gasteiger partial charge in [0, 0.05) is 13.1 Å². The van der Waals surface area contributed by atoms with Gasteiger partial charge < -0.3 is 41.3 Å². The van der Waals surface area contributed by atoms with E-state index >= 15 is 0 Å². The summed E-state index contributed by atoms with van der Waals surface area (Å²) < 4.78 is 140. The lowest BCUT2D eigenvalue weighted by atomic mass is 9.96. The van der Waals surface area contributed by atoms with Crippen molar-refractivity contribution in [1.82, 2.24) is 15.5 Å². The summed E-state index contributed by atoms with van der Waals surface area (Å²) in [7, 11) is 1.29. The van der Waals surface area contributed by atoms with Crippen LogP contribution in [-0.4, -0.2) is 125 Å². The molecule has 1 fully saturated rings. The van der Waals surface area contributed by atoms with Gasteiger partial charge in [-0.2, -0.15) is 52.7 Å². The van der Waals surface area contributed by atoms with Gasteiger partial charge in [0.2, 0.25) is 17.7 Å². The summed E-state index contributed by atoms with van der Waals surface area (Å²) >= 11 is 0. The first-order valence-corrected chi connectivity index (χ1v) is 16.5. The maximum atomic E-state index is 13.3. The first kappa shape index (κ1) is 55.7. The van der Waals surface area contributed by atoms with E-state index in [1.54, 1.807) is 30.3 Å². The Morgan fingerprint density at radius 3 is 1.51 bits per heavy atom. The van der Waals surface area contributed by atoms with E-state index in [4.69, 9.17) is 40.2 Å². The highest BCUT2D eigenvalue weighted by atomic mass is 19.4. The number of nitrogens with one attached hydrogen (secondary N) is 2. The van der Waals surface area contributed by atoms with Crippen LogP contribution in [0.4, 0.5) is 52.7 Å². The number of carbonyl (C=O) groups is 7. The van der Waals surface area contributed by atoms with E-state index in [2.05, 4.69) is 10.6 Å². The molecule has 3 amide bonds. The van der Waals surface area contributed by atoms with Crippen LogP contribution in [0.1, 0.15) is 51.0 Å². The number of carboxylic acid groups (broad SMARTS) is 3. The molecule has 0 radical (unpaired) electrons. The van der Waals surface area contributed by atoms with E-state index < -0.39 is 84.9 Å². The molecule has 0 spiro atoms. The summed E-state index contributed by atoms with van der Waals surface area (Å²) in [6.45, 7) is 2.40. The van der Waals surface area contributed by atoms with Gasteiger partial charge in [-0.15, -0.1) is 0 Å². The molecule has 15 nitrogen and oxygen atoms in total. The van der Waals surface area contributed by atoms with Crippen LogP contribution in [0, 0.1) is 5.92 Å². The van der Waals surface area contributed by atoms with Crippen LogP contribution in [0.3, 0.4) is 0 Å². The van der Waals surface area contributed by atoms with Gasteiger partial charge in [0.05, 0.1) is 25.5 Å². The monoisotopic (exact) mass is 884 g/mol. The van der Waals surface area contributed by atoms with Crippen molar-refractivity contribution in [3.05, 3.63) is 35.9 Å². The lowest BCUT2D eigenvalue weighted by molar-refractivity contribution is -0.193. The van der Waals surface area contributed by atoms with Crippen molar-refractivity contribution in [1.29, 1.82) is 0 Å². The molecular formula is C32H40F12N4O11. The average Bonchev–Trinajstić information content (AvgIpc) is 3.11. The Balaban J connectivity index is 0. The van der Waals surface area contributed by atoms with Gasteiger partial charge in [0.1, 0.15) is 12.1 Å². The number of amides is 3. The lowest BCUT2D eigenvalue weighted by Crippen LogP contribution is -2.57. The predicted octanol–water partition coefficient (Wildman–Crippen LogP) is 3.98. The number of aliphatic carboxylic acids is 3. The number of nitrogens with zero attached hydrogens (tertiary/aromatic N) is 1. The average molecular weight is 885 g/mol. The minimum absolute atomic E-state index is 0.0756. The number of rotatable bonds is 12. The Labute approximate surface area is 326 Å². The molecule has 0 aromatic heterocycles. The summed E-state index contributed by atoms with van der Waals surface area (Å²) in [5.74, 6) is -11.4. The van der Waals surface area contributed by atoms with Gasteiger partial charge in [0.25, 0.3) is 0 Å². The van der Waals surface area contributed by atoms with E-state index in [0.29, 0.717) is 31.2 Å². The van der Waals surface area contributed by atoms with Crippen LogP contribution in [-0.2, 0) is 44.7 Å². The van der Waals surface area contributed by atoms with E-state index in [1.807, 2.05) is 6.92 Å². The zero-order valence-electron chi connectivity index (χ0n) is 30.7. The molecule has 3 atom stereocenters. The van der Waals surface area contributed by atoms with Crippen LogP contribution < -0.4 is 16.4 Å². The second-order valence-electron chi connectivity index (χ2n) is 11.9. The minimum atomic E-state index is -5.08. The number of halogens is 12. The number of esters is 1. The second kappa shape index (κ2) is 25.2. The Kier molecular flexibility index (Phi) is 23.8. The zero-order valence-corrected chi connectivity index (χ0v) is 30.7. The van der Waals surface area contributed by atoms with Gasteiger partial charge in [0.15, 0.2) is 0 Å². The van der Waals surface area contributed by atoms with Crippen molar-refractivity contribution in [2.45, 2.75) is 94.7 Å². The Bertz CT molecular complexity index is 1460.